The number of sulfonamides is 1. The second-order valence-corrected chi connectivity index (χ2v) is 16.1. The van der Waals surface area contributed by atoms with Gasteiger partial charge in [0.1, 0.15) is 11.6 Å². The summed E-state index contributed by atoms with van der Waals surface area (Å²) < 4.78 is 123. The molecule has 2 N–H and O–H groups in total. The van der Waals surface area contributed by atoms with Crippen molar-refractivity contribution in [1.29, 1.82) is 0 Å². The number of hydrogen-bond donors (Lipinski definition) is 1. The van der Waals surface area contributed by atoms with Gasteiger partial charge in [-0.1, -0.05) is 48.5 Å². The molecule has 2 bridgehead atoms. The number of nitrogens with zero attached hydrogens (tertiary/aromatic N) is 2. The highest BCUT2D eigenvalue weighted by molar-refractivity contribution is 7.89. The molecule has 2 unspecified atom stereocenters. The predicted molar refractivity (Wildman–Crippen MR) is 188 cm³/mol. The van der Waals surface area contributed by atoms with Crippen LogP contribution in [0.3, 0.4) is 0 Å². The van der Waals surface area contributed by atoms with Crippen LogP contribution in [0.1, 0.15) is 56.9 Å². The Bertz CT molecular complexity index is 2170. The van der Waals surface area contributed by atoms with Crippen molar-refractivity contribution in [1.82, 2.24) is 9.37 Å². The molecule has 55 heavy (non-hydrogen) atoms. The number of alkyl halides is 5. The molecule has 7 rings (SSSR count). The average molecular weight is 790 g/mol. The number of carbonyl (C=O) groups excluding carboxylic acids is 2. The number of carbonyl (C=O) groups is 2. The summed E-state index contributed by atoms with van der Waals surface area (Å²) >= 11 is 0. The minimum atomic E-state index is -5.84. The number of piperidine rings is 1. The Morgan fingerprint density at radius 2 is 1.35 bits per heavy atom. The van der Waals surface area contributed by atoms with Crippen LogP contribution in [0.5, 0.6) is 5.75 Å². The molecule has 1 amide bonds. The van der Waals surface area contributed by atoms with Gasteiger partial charge in [-0.2, -0.15) is 22.0 Å². The van der Waals surface area contributed by atoms with Crippen LogP contribution in [-0.4, -0.2) is 66.1 Å². The third-order valence-corrected chi connectivity index (χ3v) is 12.2. The highest BCUT2D eigenvalue weighted by Crippen LogP contribution is 2.44. The van der Waals surface area contributed by atoms with Crippen molar-refractivity contribution in [2.24, 2.45) is 5.73 Å². The fourth-order valence-corrected chi connectivity index (χ4v) is 9.28. The maximum atomic E-state index is 17.2. The van der Waals surface area contributed by atoms with Gasteiger partial charge >= 0.3 is 18.1 Å². The van der Waals surface area contributed by atoms with E-state index in [1.165, 1.54) is 36.4 Å². The molecule has 0 radical (unpaired) electrons. The average Bonchev–Trinajstić information content (AvgIpc) is 3.76. The molecule has 0 spiro atoms. The number of fused-ring (bicyclic) bond motifs is 3. The van der Waals surface area contributed by atoms with E-state index in [-0.39, 0.29) is 24.3 Å². The molecule has 2 saturated heterocycles. The SMILES string of the molecule is NC1CC2CCC(C1)N2C(=O)[C@@H](N(OC(=O)C(F)(F)F)S(=O)(=O)c1ccc2cc(OC3CCCC3)ccc2c1)C(F)(F)c1ccc(-c2ccc(F)cc2)cc1. The molecule has 1 aliphatic carbocycles. The molecule has 2 aliphatic heterocycles. The van der Waals surface area contributed by atoms with Crippen LogP contribution >= 0.6 is 0 Å². The summed E-state index contributed by atoms with van der Waals surface area (Å²) in [5.74, 6) is -9.32. The van der Waals surface area contributed by atoms with Crippen molar-refractivity contribution < 1.29 is 53.9 Å². The summed E-state index contributed by atoms with van der Waals surface area (Å²) in [5.41, 5.74) is 5.95. The normalized spacial score (nSPS) is 21.2. The Kier molecular flexibility index (Phi) is 10.4. The Balaban J connectivity index is 1.33. The summed E-state index contributed by atoms with van der Waals surface area (Å²) in [7, 11) is -5.66. The molecule has 4 aromatic rings. The van der Waals surface area contributed by atoms with Crippen LogP contribution in [0.4, 0.5) is 26.3 Å². The van der Waals surface area contributed by atoms with Gasteiger partial charge in [-0.3, -0.25) is 4.79 Å². The number of nitrogens with two attached hydrogens (primary N) is 1. The van der Waals surface area contributed by atoms with Gasteiger partial charge in [-0.15, -0.1) is 0 Å². The Morgan fingerprint density at radius 1 is 0.782 bits per heavy atom. The number of amides is 1. The monoisotopic (exact) mass is 789 g/mol. The zero-order valence-electron chi connectivity index (χ0n) is 29.2. The van der Waals surface area contributed by atoms with Gasteiger partial charge in [0.05, 0.1) is 11.0 Å². The zero-order chi connectivity index (χ0) is 39.3. The summed E-state index contributed by atoms with van der Waals surface area (Å²) in [6.07, 6.45) is -1.03. The van der Waals surface area contributed by atoms with E-state index < -0.39 is 78.9 Å². The molecule has 0 aromatic heterocycles. The lowest BCUT2D eigenvalue weighted by Gasteiger charge is -2.42. The van der Waals surface area contributed by atoms with Crippen molar-refractivity contribution in [3.8, 4) is 16.9 Å². The van der Waals surface area contributed by atoms with Crippen LogP contribution in [0, 0.1) is 5.82 Å². The van der Waals surface area contributed by atoms with Crippen molar-refractivity contribution >= 4 is 32.7 Å². The van der Waals surface area contributed by atoms with E-state index in [0.29, 0.717) is 35.1 Å². The Labute approximate surface area is 313 Å². The first kappa shape index (κ1) is 38.6. The number of ether oxygens (including phenoxy) is 1. The number of halogens is 6. The molecule has 4 aromatic carbocycles. The Morgan fingerprint density at radius 3 is 1.95 bits per heavy atom. The molecule has 16 heteroatoms. The second-order valence-electron chi connectivity index (χ2n) is 14.3. The van der Waals surface area contributed by atoms with E-state index >= 15 is 8.78 Å². The zero-order valence-corrected chi connectivity index (χ0v) is 30.0. The smallest absolute Gasteiger partial charge is 0.490 e. The molecule has 3 aliphatic rings. The lowest BCUT2D eigenvalue weighted by molar-refractivity contribution is -0.240. The minimum absolute atomic E-state index is 0.00936. The molecular weight excluding hydrogens is 752 g/mol. The first-order chi connectivity index (χ1) is 26.0. The van der Waals surface area contributed by atoms with Crippen LogP contribution < -0.4 is 10.5 Å². The van der Waals surface area contributed by atoms with Crippen LogP contribution in [0.2, 0.25) is 0 Å². The van der Waals surface area contributed by atoms with Gasteiger partial charge < -0.3 is 20.2 Å². The third-order valence-electron chi connectivity index (χ3n) is 10.6. The van der Waals surface area contributed by atoms with Gasteiger partial charge in [-0.25, -0.2) is 17.6 Å². The standard InChI is InChI=1S/C39H37F6N3O6S/c40-28-13-7-24(8-14-28)23-5-11-27(12-6-23)38(41,42)35(36(49)47-30-15-16-31(47)22-29(46)21-30)48(54-37(50)39(43,44)45)55(51,52)34-18-10-25-19-33(17-9-26(25)20-34)53-32-3-1-2-4-32/h5-14,17-20,29-32,35H,1-4,15-16,21-22,46H2/t29?,30?,31?,35-/m1/s1. The first-order valence-corrected chi connectivity index (χ1v) is 19.3. The third kappa shape index (κ3) is 7.76. The molecule has 9 nitrogen and oxygen atoms in total. The van der Waals surface area contributed by atoms with Crippen LogP contribution in [0.15, 0.2) is 89.8 Å². The topological polar surface area (TPSA) is 119 Å². The number of benzene rings is 4. The number of hydroxylamine groups is 1. The Hall–Kier alpha value is -4.67. The maximum Gasteiger partial charge on any atom is 0.492 e. The van der Waals surface area contributed by atoms with Gasteiger partial charge in [-0.05, 0) is 114 Å². The predicted octanol–water partition coefficient (Wildman–Crippen LogP) is 7.62. The van der Waals surface area contributed by atoms with Gasteiger partial charge in [0.15, 0.2) is 0 Å². The first-order valence-electron chi connectivity index (χ1n) is 17.9. The van der Waals surface area contributed by atoms with Gasteiger partial charge in [0.25, 0.3) is 15.9 Å². The van der Waals surface area contributed by atoms with E-state index in [2.05, 4.69) is 4.84 Å². The van der Waals surface area contributed by atoms with E-state index in [9.17, 15) is 35.6 Å². The molecule has 2 heterocycles. The summed E-state index contributed by atoms with van der Waals surface area (Å²) in [6.45, 7) is 0. The lowest BCUT2D eigenvalue weighted by atomic mass is 9.94. The molecule has 292 valence electrons. The van der Waals surface area contributed by atoms with Gasteiger partial charge in [0.2, 0.25) is 6.04 Å². The maximum absolute atomic E-state index is 17.2. The van der Waals surface area contributed by atoms with Crippen molar-refractivity contribution in [3.05, 3.63) is 96.3 Å². The van der Waals surface area contributed by atoms with Crippen molar-refractivity contribution in [3.63, 3.8) is 0 Å². The van der Waals surface area contributed by atoms with E-state index in [4.69, 9.17) is 10.5 Å². The van der Waals surface area contributed by atoms with Crippen molar-refractivity contribution in [2.75, 3.05) is 0 Å². The van der Waals surface area contributed by atoms with E-state index in [1.807, 2.05) is 0 Å². The van der Waals surface area contributed by atoms with Crippen LogP contribution in [0.25, 0.3) is 21.9 Å². The van der Waals surface area contributed by atoms with Crippen LogP contribution in [-0.2, 0) is 30.4 Å². The molecular formula is C39H37F6N3O6S. The summed E-state index contributed by atoms with van der Waals surface area (Å²) in [5, 5.41) is 0.713. The number of rotatable bonds is 10. The molecule has 3 atom stereocenters. The lowest BCUT2D eigenvalue weighted by Crippen LogP contribution is -2.62. The highest BCUT2D eigenvalue weighted by Gasteiger charge is 2.60. The number of hydrogen-bond acceptors (Lipinski definition) is 7. The molecule has 1 saturated carbocycles. The van der Waals surface area contributed by atoms with E-state index in [1.54, 1.807) is 12.1 Å². The summed E-state index contributed by atoms with van der Waals surface area (Å²) in [6, 6.07) is 12.1. The van der Waals surface area contributed by atoms with E-state index in [0.717, 1.165) is 67.0 Å². The quantitative estimate of drug-likeness (QED) is 0.130. The fourth-order valence-electron chi connectivity index (χ4n) is 7.90. The minimum Gasteiger partial charge on any atom is -0.490 e. The largest absolute Gasteiger partial charge is 0.492 e. The molecule has 3 fully saturated rings. The highest BCUT2D eigenvalue weighted by atomic mass is 32.2. The van der Waals surface area contributed by atoms with Crippen molar-refractivity contribution in [2.45, 2.75) is 98.6 Å². The second kappa shape index (κ2) is 14.8. The summed E-state index contributed by atoms with van der Waals surface area (Å²) in [4.78, 5) is 31.6. The van der Waals surface area contributed by atoms with Gasteiger partial charge in [0, 0.05) is 23.7 Å². The fraction of sp³-hybridized carbons (Fsp3) is 0.385.